The second kappa shape index (κ2) is 14.7. The van der Waals surface area contributed by atoms with Crippen LogP contribution in [-0.4, -0.2) is 23.6 Å². The van der Waals surface area contributed by atoms with Gasteiger partial charge in [-0.05, 0) is 64.0 Å². The van der Waals surface area contributed by atoms with Gasteiger partial charge in [-0.1, -0.05) is 66.7 Å². The molecule has 10 aromatic carbocycles. The van der Waals surface area contributed by atoms with Crippen molar-refractivity contribution in [1.82, 2.24) is 0 Å². The van der Waals surface area contributed by atoms with Crippen LogP contribution in [0.25, 0.3) is 53.9 Å². The maximum Gasteiger partial charge on any atom is 0.266 e. The molecule has 0 unspecified atom stereocenters. The molecule has 2 heterocycles. The van der Waals surface area contributed by atoms with Crippen molar-refractivity contribution < 1.29 is 72.6 Å². The van der Waals surface area contributed by atoms with E-state index in [9.17, 15) is 45.5 Å². The van der Waals surface area contributed by atoms with Crippen LogP contribution in [0.3, 0.4) is 0 Å². The van der Waals surface area contributed by atoms with Gasteiger partial charge in [-0.25, -0.2) is 53.7 Å². The van der Waals surface area contributed by atoms with Crippen molar-refractivity contribution in [3.63, 3.8) is 0 Å². The van der Waals surface area contributed by atoms with Crippen molar-refractivity contribution in [3.05, 3.63) is 190 Å². The highest BCUT2D eigenvalue weighted by atomic mass is 19.2. The fourth-order valence-electron chi connectivity index (χ4n) is 9.65. The number of carbonyl (C=O) groups excluding carboxylic acids is 4. The highest BCUT2D eigenvalue weighted by molar-refractivity contribution is 6.50. The highest BCUT2D eigenvalue weighted by Gasteiger charge is 2.45. The third kappa shape index (κ3) is 5.43. The van der Waals surface area contributed by atoms with Gasteiger partial charge in [0.15, 0.2) is 46.5 Å². The molecule has 10 aromatic rings. The van der Waals surface area contributed by atoms with E-state index in [1.54, 1.807) is 36.4 Å². The number of hydrogen-bond acceptors (Lipinski definition) is 6. The third-order valence-corrected chi connectivity index (χ3v) is 12.5. The highest BCUT2D eigenvalue weighted by Crippen LogP contribution is 2.56. The molecule has 2 aliphatic heterocycles. The number of amides is 4. The summed E-state index contributed by atoms with van der Waals surface area (Å²) >= 11 is 0. The van der Waals surface area contributed by atoms with E-state index in [1.807, 2.05) is 0 Å². The normalized spacial score (nSPS) is 13.6. The quantitative estimate of drug-likeness (QED) is 0.0412. The Bertz CT molecular complexity index is 4060. The molecule has 0 saturated carbocycles. The zero-order valence-electron chi connectivity index (χ0n) is 34.5. The molecule has 0 aliphatic carbocycles. The Hall–Kier alpha value is -9.06. The van der Waals surface area contributed by atoms with Crippen LogP contribution < -0.4 is 19.3 Å². The van der Waals surface area contributed by atoms with E-state index in [-0.39, 0.29) is 86.7 Å². The van der Waals surface area contributed by atoms with Gasteiger partial charge in [0.2, 0.25) is 11.6 Å². The Morgan fingerprint density at radius 1 is 0.314 bits per heavy atom. The predicted molar refractivity (Wildman–Crippen MR) is 233 cm³/mol. The van der Waals surface area contributed by atoms with Crippen LogP contribution in [0.1, 0.15) is 41.4 Å². The first kappa shape index (κ1) is 42.3. The van der Waals surface area contributed by atoms with Crippen molar-refractivity contribution >= 4 is 88.9 Å². The molecular formula is C52H18F10N2O6. The van der Waals surface area contributed by atoms with Crippen LogP contribution >= 0.6 is 0 Å². The summed E-state index contributed by atoms with van der Waals surface area (Å²) in [6.45, 7) is 0. The van der Waals surface area contributed by atoms with Gasteiger partial charge in [-0.3, -0.25) is 19.2 Å². The largest absolute Gasteiger partial charge is 0.457 e. The minimum atomic E-state index is -2.54. The predicted octanol–water partition coefficient (Wildman–Crippen LogP) is 13.5. The Kier molecular flexibility index (Phi) is 8.90. The minimum absolute atomic E-state index is 0.000822. The van der Waals surface area contributed by atoms with E-state index in [0.29, 0.717) is 0 Å². The van der Waals surface area contributed by atoms with Gasteiger partial charge in [0.1, 0.15) is 34.4 Å². The van der Waals surface area contributed by atoms with Crippen LogP contribution in [0.2, 0.25) is 0 Å². The van der Waals surface area contributed by atoms with Crippen LogP contribution in [-0.2, 0) is 0 Å². The molecule has 0 spiro atoms. The molecule has 0 atom stereocenters. The minimum Gasteiger partial charge on any atom is -0.457 e. The van der Waals surface area contributed by atoms with Crippen LogP contribution in [0.15, 0.2) is 109 Å². The standard InChI is InChI=1S/C52H18F10N2O6/c53-37-39(55)43(59)47(44(60)40(37)56)63-49(65)24-16-15-23-29-21-13-7-8-14-22(21)33-32-26(51(67)64(52(33)68)48-45(61)41(57)38(54)42(58)46(48)62)18-28(70-20-11-5-2-6-12-20)35(36(29)32)34-27(69-19-9-3-1-4-10-19)17-25(50(63)66)30(24)31(23)34/h1-18H. The average molecular weight is 957 g/mol. The maximum atomic E-state index is 15.7. The molecule has 4 amide bonds. The number of anilines is 2. The number of fused-ring (bicyclic) bond motifs is 5. The topological polar surface area (TPSA) is 93.2 Å². The summed E-state index contributed by atoms with van der Waals surface area (Å²) in [5.74, 6) is -31.1. The Morgan fingerprint density at radius 2 is 0.714 bits per heavy atom. The van der Waals surface area contributed by atoms with E-state index in [2.05, 4.69) is 0 Å². The smallest absolute Gasteiger partial charge is 0.266 e. The number of ether oxygens (including phenoxy) is 2. The molecule has 18 heteroatoms. The molecule has 70 heavy (non-hydrogen) atoms. The summed E-state index contributed by atoms with van der Waals surface area (Å²) in [6.07, 6.45) is 0. The summed E-state index contributed by atoms with van der Waals surface area (Å²) in [6, 6.07) is 26.1. The number of imide groups is 2. The third-order valence-electron chi connectivity index (χ3n) is 12.5. The summed E-state index contributed by atoms with van der Waals surface area (Å²) in [7, 11) is 0. The van der Waals surface area contributed by atoms with Gasteiger partial charge in [0.05, 0.1) is 16.7 Å². The lowest BCUT2D eigenvalue weighted by molar-refractivity contribution is 0.0875. The molecule has 0 N–H and O–H groups in total. The van der Waals surface area contributed by atoms with Gasteiger partial charge in [-0.2, -0.15) is 0 Å². The van der Waals surface area contributed by atoms with Gasteiger partial charge >= 0.3 is 0 Å². The summed E-state index contributed by atoms with van der Waals surface area (Å²) in [4.78, 5) is 58.7. The molecule has 0 saturated heterocycles. The molecular weight excluding hydrogens is 939 g/mol. The van der Waals surface area contributed by atoms with Gasteiger partial charge in [0, 0.05) is 37.9 Å². The molecule has 342 valence electrons. The summed E-state index contributed by atoms with van der Waals surface area (Å²) in [5, 5.41) is 0.136. The first-order valence-electron chi connectivity index (χ1n) is 20.6. The Morgan fingerprint density at radius 3 is 1.21 bits per heavy atom. The molecule has 12 rings (SSSR count). The van der Waals surface area contributed by atoms with E-state index in [0.717, 1.165) is 18.2 Å². The number of halogens is 10. The number of hydrogen-bond donors (Lipinski definition) is 0. The number of para-hydroxylation sites is 2. The molecule has 0 radical (unpaired) electrons. The Balaban J connectivity index is 1.28. The van der Waals surface area contributed by atoms with Crippen LogP contribution in [0.4, 0.5) is 55.3 Å². The average Bonchev–Trinajstić information content (AvgIpc) is 3.37. The van der Waals surface area contributed by atoms with Crippen LogP contribution in [0, 0.1) is 58.2 Å². The monoisotopic (exact) mass is 956 g/mol. The second-order valence-corrected chi connectivity index (χ2v) is 16.1. The zero-order chi connectivity index (χ0) is 48.9. The SMILES string of the molecule is O=C1c2ccc3c4c2c(cc(Oc2ccccc2)c4c2c(Oc4ccccc4)cc4c5c(c6ccccc6c3c52)C(=O)N(c2c(F)c(F)c(F)c(F)c2F)C4=O)C(=O)N1c1c(F)c(F)c(F)c(F)c1F. The molecule has 0 fully saturated rings. The molecule has 0 bridgehead atoms. The lowest BCUT2D eigenvalue weighted by Gasteiger charge is -2.32. The van der Waals surface area contributed by atoms with Crippen molar-refractivity contribution in [2.24, 2.45) is 0 Å². The van der Waals surface area contributed by atoms with E-state index in [1.165, 1.54) is 54.6 Å². The van der Waals surface area contributed by atoms with Crippen molar-refractivity contribution in [2.45, 2.75) is 0 Å². The number of carbonyl (C=O) groups is 4. The van der Waals surface area contributed by atoms with Crippen molar-refractivity contribution in [1.29, 1.82) is 0 Å². The van der Waals surface area contributed by atoms with E-state index < -0.39 is 115 Å². The van der Waals surface area contributed by atoms with Gasteiger partial charge in [-0.15, -0.1) is 0 Å². The number of benzene rings is 10. The lowest BCUT2D eigenvalue weighted by atomic mass is 9.79. The first-order valence-corrected chi connectivity index (χ1v) is 20.6. The maximum absolute atomic E-state index is 15.7. The van der Waals surface area contributed by atoms with Gasteiger partial charge in [0.25, 0.3) is 23.6 Å². The second-order valence-electron chi connectivity index (χ2n) is 16.1. The molecule has 2 aliphatic rings. The summed E-state index contributed by atoms with van der Waals surface area (Å²) < 4.78 is 163. The van der Waals surface area contributed by atoms with E-state index >= 15 is 17.6 Å². The number of nitrogens with zero attached hydrogens (tertiary/aromatic N) is 2. The number of rotatable bonds is 6. The zero-order valence-corrected chi connectivity index (χ0v) is 34.5. The lowest BCUT2D eigenvalue weighted by Crippen LogP contribution is -2.42. The van der Waals surface area contributed by atoms with E-state index in [4.69, 9.17) is 9.47 Å². The van der Waals surface area contributed by atoms with Crippen molar-refractivity contribution in [3.8, 4) is 23.0 Å². The fraction of sp³-hybridized carbons (Fsp3) is 0. The van der Waals surface area contributed by atoms with Gasteiger partial charge < -0.3 is 9.47 Å². The molecule has 8 nitrogen and oxygen atoms in total. The van der Waals surface area contributed by atoms with Crippen molar-refractivity contribution in [2.75, 3.05) is 9.80 Å². The molecule has 0 aromatic heterocycles. The summed E-state index contributed by atoms with van der Waals surface area (Å²) in [5.41, 5.74) is -5.62. The fourth-order valence-corrected chi connectivity index (χ4v) is 9.65. The van der Waals surface area contributed by atoms with Crippen LogP contribution in [0.5, 0.6) is 23.0 Å². The first-order chi connectivity index (χ1) is 33.6. The Labute approximate surface area is 383 Å².